The smallest absolute Gasteiger partial charge is 0.241 e. The molecule has 2 heterocycles. The summed E-state index contributed by atoms with van der Waals surface area (Å²) in [6, 6.07) is 1.16. The number of sulfonamides is 1. The highest BCUT2D eigenvalue weighted by Gasteiger charge is 2.37. The summed E-state index contributed by atoms with van der Waals surface area (Å²) in [4.78, 5) is 13.9. The zero-order chi connectivity index (χ0) is 14.9. The molecule has 0 N–H and O–H groups in total. The molecule has 1 saturated heterocycles. The van der Waals surface area contributed by atoms with Crippen molar-refractivity contribution in [2.24, 2.45) is 0 Å². The Kier molecular flexibility index (Phi) is 4.14. The Labute approximate surface area is 118 Å². The van der Waals surface area contributed by atoms with Crippen LogP contribution in [0.2, 0.25) is 0 Å². The number of amides is 1. The van der Waals surface area contributed by atoms with E-state index in [1.54, 1.807) is 20.0 Å². The van der Waals surface area contributed by atoms with Gasteiger partial charge in [0.2, 0.25) is 15.9 Å². The van der Waals surface area contributed by atoms with Crippen LogP contribution in [0.4, 0.5) is 0 Å². The zero-order valence-corrected chi connectivity index (χ0v) is 12.7. The number of aromatic nitrogens is 1. The Bertz CT molecular complexity index is 596. The van der Waals surface area contributed by atoms with Crippen molar-refractivity contribution in [1.29, 1.82) is 0 Å². The molecule has 1 amide bonds. The van der Waals surface area contributed by atoms with Crippen LogP contribution in [0.5, 0.6) is 0 Å². The summed E-state index contributed by atoms with van der Waals surface area (Å²) in [5.41, 5.74) is 0.655. The summed E-state index contributed by atoms with van der Waals surface area (Å²) < 4.78 is 29.6. The minimum Gasteiger partial charge on any atom is -0.361 e. The first-order chi connectivity index (χ1) is 9.29. The van der Waals surface area contributed by atoms with Crippen molar-refractivity contribution < 1.29 is 17.7 Å². The standard InChI is InChI=1S/C12H19N3O4S/c1-9-7-10(13-19-9)8-14(2)12(16)11-5-4-6-15(11)20(3,17)18/h7,11H,4-6,8H2,1-3H3. The second-order valence-electron chi connectivity index (χ2n) is 5.15. The molecule has 1 fully saturated rings. The lowest BCUT2D eigenvalue weighted by molar-refractivity contribution is -0.133. The number of hydrogen-bond donors (Lipinski definition) is 0. The molecule has 1 unspecified atom stereocenters. The fraction of sp³-hybridized carbons (Fsp3) is 0.667. The van der Waals surface area contributed by atoms with Crippen LogP contribution in [0.3, 0.4) is 0 Å². The van der Waals surface area contributed by atoms with Gasteiger partial charge in [0.05, 0.1) is 12.8 Å². The molecule has 112 valence electrons. The zero-order valence-electron chi connectivity index (χ0n) is 11.9. The summed E-state index contributed by atoms with van der Waals surface area (Å²) in [7, 11) is -1.70. The molecule has 1 aromatic rings. The van der Waals surface area contributed by atoms with Crippen LogP contribution in [0, 0.1) is 6.92 Å². The van der Waals surface area contributed by atoms with E-state index in [2.05, 4.69) is 5.16 Å². The van der Waals surface area contributed by atoms with Crippen molar-refractivity contribution in [3.05, 3.63) is 17.5 Å². The van der Waals surface area contributed by atoms with Crippen LogP contribution in [-0.2, 0) is 21.4 Å². The van der Waals surface area contributed by atoms with E-state index >= 15 is 0 Å². The van der Waals surface area contributed by atoms with E-state index in [-0.39, 0.29) is 5.91 Å². The van der Waals surface area contributed by atoms with Crippen molar-refractivity contribution >= 4 is 15.9 Å². The molecule has 0 radical (unpaired) electrons. The normalized spacial score (nSPS) is 20.2. The lowest BCUT2D eigenvalue weighted by atomic mass is 10.2. The molecule has 0 saturated carbocycles. The van der Waals surface area contributed by atoms with Gasteiger partial charge in [-0.25, -0.2) is 8.42 Å². The van der Waals surface area contributed by atoms with Gasteiger partial charge < -0.3 is 9.42 Å². The molecule has 0 aliphatic carbocycles. The lowest BCUT2D eigenvalue weighted by Gasteiger charge is -2.25. The van der Waals surface area contributed by atoms with Gasteiger partial charge in [-0.2, -0.15) is 4.31 Å². The fourth-order valence-electron chi connectivity index (χ4n) is 2.45. The number of rotatable bonds is 4. The van der Waals surface area contributed by atoms with Gasteiger partial charge >= 0.3 is 0 Å². The average molecular weight is 301 g/mol. The Balaban J connectivity index is 2.06. The van der Waals surface area contributed by atoms with E-state index in [9.17, 15) is 13.2 Å². The van der Waals surface area contributed by atoms with Gasteiger partial charge in [0.15, 0.2) is 0 Å². The second-order valence-corrected chi connectivity index (χ2v) is 7.09. The molecular weight excluding hydrogens is 282 g/mol. The van der Waals surface area contributed by atoms with Crippen molar-refractivity contribution in [2.75, 3.05) is 19.8 Å². The van der Waals surface area contributed by atoms with E-state index in [0.29, 0.717) is 37.4 Å². The van der Waals surface area contributed by atoms with Crippen molar-refractivity contribution in [3.63, 3.8) is 0 Å². The fourth-order valence-corrected chi connectivity index (χ4v) is 3.57. The Morgan fingerprint density at radius 2 is 2.30 bits per heavy atom. The van der Waals surface area contributed by atoms with Crippen LogP contribution in [-0.4, -0.2) is 54.6 Å². The molecule has 8 heteroatoms. The number of carbonyl (C=O) groups excluding carboxylic acids is 1. The number of carbonyl (C=O) groups is 1. The topological polar surface area (TPSA) is 83.7 Å². The third-order valence-electron chi connectivity index (χ3n) is 3.37. The van der Waals surface area contributed by atoms with Gasteiger partial charge in [-0.15, -0.1) is 0 Å². The van der Waals surface area contributed by atoms with Crippen molar-refractivity contribution in [3.8, 4) is 0 Å². The third kappa shape index (κ3) is 3.18. The molecule has 0 bridgehead atoms. The van der Waals surface area contributed by atoms with Gasteiger partial charge in [0, 0.05) is 19.7 Å². The first-order valence-corrected chi connectivity index (χ1v) is 8.28. The second kappa shape index (κ2) is 5.53. The number of likely N-dealkylation sites (N-methyl/N-ethyl adjacent to an activating group) is 1. The van der Waals surface area contributed by atoms with Crippen molar-refractivity contribution in [2.45, 2.75) is 32.4 Å². The Morgan fingerprint density at radius 3 is 2.85 bits per heavy atom. The molecule has 1 aliphatic rings. The molecule has 1 atom stereocenters. The maximum atomic E-state index is 12.4. The summed E-state index contributed by atoms with van der Waals surface area (Å²) in [5.74, 6) is 0.480. The van der Waals surface area contributed by atoms with Crippen LogP contribution < -0.4 is 0 Å². The minimum atomic E-state index is -3.35. The number of hydrogen-bond acceptors (Lipinski definition) is 5. The Morgan fingerprint density at radius 1 is 1.60 bits per heavy atom. The van der Waals surface area contributed by atoms with Crippen molar-refractivity contribution in [1.82, 2.24) is 14.4 Å². The molecule has 1 aliphatic heterocycles. The number of nitrogens with zero attached hydrogens (tertiary/aromatic N) is 3. The summed E-state index contributed by atoms with van der Waals surface area (Å²) >= 11 is 0. The molecule has 20 heavy (non-hydrogen) atoms. The molecule has 0 aromatic carbocycles. The molecule has 7 nitrogen and oxygen atoms in total. The third-order valence-corrected chi connectivity index (χ3v) is 4.66. The largest absolute Gasteiger partial charge is 0.361 e. The van der Waals surface area contributed by atoms with E-state index in [0.717, 1.165) is 6.26 Å². The SMILES string of the molecule is Cc1cc(CN(C)C(=O)C2CCCN2S(C)(=O)=O)no1. The molecular formula is C12H19N3O4S. The summed E-state index contributed by atoms with van der Waals surface area (Å²) in [5, 5.41) is 3.83. The van der Waals surface area contributed by atoms with Gasteiger partial charge in [0.25, 0.3) is 0 Å². The summed E-state index contributed by atoms with van der Waals surface area (Å²) in [6.07, 6.45) is 2.41. The van der Waals surface area contributed by atoms with Gasteiger partial charge in [0.1, 0.15) is 17.5 Å². The van der Waals surface area contributed by atoms with Crippen LogP contribution >= 0.6 is 0 Å². The van der Waals surface area contributed by atoms with Crippen LogP contribution in [0.15, 0.2) is 10.6 Å². The monoisotopic (exact) mass is 301 g/mol. The summed E-state index contributed by atoms with van der Waals surface area (Å²) in [6.45, 7) is 2.50. The molecule has 1 aromatic heterocycles. The van der Waals surface area contributed by atoms with Crippen LogP contribution in [0.1, 0.15) is 24.3 Å². The van der Waals surface area contributed by atoms with E-state index < -0.39 is 16.1 Å². The molecule has 0 spiro atoms. The number of aryl methyl sites for hydroxylation is 1. The average Bonchev–Trinajstić information content (AvgIpc) is 2.96. The van der Waals surface area contributed by atoms with E-state index in [1.807, 2.05) is 0 Å². The van der Waals surface area contributed by atoms with Gasteiger partial charge in [-0.3, -0.25) is 4.79 Å². The predicted octanol–water partition coefficient (Wildman–Crippen LogP) is 0.365. The highest BCUT2D eigenvalue weighted by atomic mass is 32.2. The highest BCUT2D eigenvalue weighted by Crippen LogP contribution is 2.22. The first kappa shape index (κ1) is 15.0. The van der Waals surface area contributed by atoms with Gasteiger partial charge in [-0.05, 0) is 19.8 Å². The first-order valence-electron chi connectivity index (χ1n) is 6.43. The van der Waals surface area contributed by atoms with Gasteiger partial charge in [-0.1, -0.05) is 5.16 Å². The molecule has 2 rings (SSSR count). The minimum absolute atomic E-state index is 0.200. The van der Waals surface area contributed by atoms with E-state index in [4.69, 9.17) is 4.52 Å². The van der Waals surface area contributed by atoms with E-state index in [1.165, 1.54) is 9.21 Å². The highest BCUT2D eigenvalue weighted by molar-refractivity contribution is 7.88. The maximum Gasteiger partial charge on any atom is 0.241 e. The lowest BCUT2D eigenvalue weighted by Crippen LogP contribution is -2.45. The Hall–Kier alpha value is -1.41. The quantitative estimate of drug-likeness (QED) is 0.802. The maximum absolute atomic E-state index is 12.4. The van der Waals surface area contributed by atoms with Crippen LogP contribution in [0.25, 0.3) is 0 Å². The predicted molar refractivity (Wildman–Crippen MR) is 72.3 cm³/mol.